The molecular formula is C23H20ClN3S. The first-order valence-corrected chi connectivity index (χ1v) is 10.7. The third kappa shape index (κ3) is 3.23. The fraction of sp³-hybridized carbons (Fsp3) is 0.174. The van der Waals surface area contributed by atoms with E-state index >= 15 is 0 Å². The van der Waals surface area contributed by atoms with Gasteiger partial charge >= 0.3 is 0 Å². The summed E-state index contributed by atoms with van der Waals surface area (Å²) in [5.74, 6) is 0.863. The van der Waals surface area contributed by atoms with E-state index < -0.39 is 0 Å². The van der Waals surface area contributed by atoms with Crippen LogP contribution in [0.4, 0.5) is 22.9 Å². The normalized spacial score (nSPS) is 13.6. The fourth-order valence-corrected chi connectivity index (χ4v) is 4.44. The number of nitrogens with zero attached hydrogens (tertiary/aromatic N) is 2. The molecule has 2 heterocycles. The second-order valence-electron chi connectivity index (χ2n) is 7.20. The van der Waals surface area contributed by atoms with Gasteiger partial charge in [0.1, 0.15) is 5.82 Å². The summed E-state index contributed by atoms with van der Waals surface area (Å²) in [6.45, 7) is 2.20. The Kier molecular flexibility index (Phi) is 4.46. The molecule has 0 aliphatic heterocycles. The van der Waals surface area contributed by atoms with Crippen molar-refractivity contribution in [2.75, 3.05) is 10.2 Å². The van der Waals surface area contributed by atoms with Crippen molar-refractivity contribution in [2.45, 2.75) is 25.8 Å². The number of thiophene rings is 1. The van der Waals surface area contributed by atoms with Crippen molar-refractivity contribution in [3.63, 3.8) is 0 Å². The molecule has 2 aromatic heterocycles. The SMILES string of the molecule is Cc1ccc2c(Nc3ccc(Cl)cc3)nccc2c1N(c1ccsc1)C1CC1. The Hall–Kier alpha value is -2.56. The lowest BCUT2D eigenvalue weighted by molar-refractivity contribution is 0.973. The number of anilines is 4. The average Bonchev–Trinajstić information content (AvgIpc) is 3.39. The number of aromatic nitrogens is 1. The summed E-state index contributed by atoms with van der Waals surface area (Å²) in [4.78, 5) is 7.13. The first-order valence-electron chi connectivity index (χ1n) is 9.43. The van der Waals surface area contributed by atoms with Crippen LogP contribution in [-0.4, -0.2) is 11.0 Å². The number of halogens is 1. The molecule has 28 heavy (non-hydrogen) atoms. The summed E-state index contributed by atoms with van der Waals surface area (Å²) in [6, 6.07) is 17.0. The lowest BCUT2D eigenvalue weighted by atomic mass is 10.0. The predicted molar refractivity (Wildman–Crippen MR) is 121 cm³/mol. The van der Waals surface area contributed by atoms with Crippen LogP contribution in [0.25, 0.3) is 10.8 Å². The van der Waals surface area contributed by atoms with Crippen molar-refractivity contribution in [1.29, 1.82) is 0 Å². The molecule has 3 nitrogen and oxygen atoms in total. The van der Waals surface area contributed by atoms with E-state index in [1.54, 1.807) is 11.3 Å². The molecule has 0 saturated heterocycles. The summed E-state index contributed by atoms with van der Waals surface area (Å²) in [5, 5.41) is 10.9. The average molecular weight is 406 g/mol. The number of benzene rings is 2. The molecule has 1 aliphatic carbocycles. The zero-order valence-electron chi connectivity index (χ0n) is 15.5. The van der Waals surface area contributed by atoms with Gasteiger partial charge in [-0.25, -0.2) is 4.98 Å². The van der Waals surface area contributed by atoms with Crippen LogP contribution in [-0.2, 0) is 0 Å². The minimum Gasteiger partial charge on any atom is -0.340 e. The Morgan fingerprint density at radius 2 is 1.86 bits per heavy atom. The summed E-state index contributed by atoms with van der Waals surface area (Å²) < 4.78 is 0. The molecule has 0 spiro atoms. The summed E-state index contributed by atoms with van der Waals surface area (Å²) in [7, 11) is 0. The molecule has 0 unspecified atom stereocenters. The fourth-order valence-electron chi connectivity index (χ4n) is 3.69. The van der Waals surface area contributed by atoms with Gasteiger partial charge in [0.25, 0.3) is 0 Å². The maximum atomic E-state index is 6.02. The molecule has 1 aliphatic rings. The van der Waals surface area contributed by atoms with Crippen LogP contribution in [0.1, 0.15) is 18.4 Å². The Bertz CT molecular complexity index is 1120. The Morgan fingerprint density at radius 1 is 1.04 bits per heavy atom. The summed E-state index contributed by atoms with van der Waals surface area (Å²) in [6.07, 6.45) is 4.38. The highest BCUT2D eigenvalue weighted by Gasteiger charge is 2.32. The van der Waals surface area contributed by atoms with Gasteiger partial charge in [-0.2, -0.15) is 11.3 Å². The van der Waals surface area contributed by atoms with Gasteiger partial charge in [-0.05, 0) is 67.1 Å². The highest BCUT2D eigenvalue weighted by Crippen LogP contribution is 2.44. The standard InChI is InChI=1S/C23H20ClN3S/c1-15-2-9-21-20(22(15)27(18-7-8-18)19-11-13-28-14-19)10-12-25-23(21)26-17-5-3-16(24)4-6-17/h2-6,9-14,18H,7-8H2,1H3,(H,25,26). The third-order valence-electron chi connectivity index (χ3n) is 5.16. The smallest absolute Gasteiger partial charge is 0.138 e. The lowest BCUT2D eigenvalue weighted by Gasteiger charge is -2.27. The molecule has 5 rings (SSSR count). The van der Waals surface area contributed by atoms with Crippen LogP contribution in [0.2, 0.25) is 5.02 Å². The van der Waals surface area contributed by atoms with Gasteiger partial charge in [-0.1, -0.05) is 23.7 Å². The Morgan fingerprint density at radius 3 is 2.57 bits per heavy atom. The zero-order chi connectivity index (χ0) is 19.1. The van der Waals surface area contributed by atoms with Crippen molar-refractivity contribution < 1.29 is 0 Å². The van der Waals surface area contributed by atoms with Crippen molar-refractivity contribution in [1.82, 2.24) is 4.98 Å². The lowest BCUT2D eigenvalue weighted by Crippen LogP contribution is -2.20. The van der Waals surface area contributed by atoms with E-state index in [0.29, 0.717) is 6.04 Å². The molecule has 0 amide bonds. The van der Waals surface area contributed by atoms with Crippen molar-refractivity contribution in [3.8, 4) is 0 Å². The highest BCUT2D eigenvalue weighted by molar-refractivity contribution is 7.08. The van der Waals surface area contributed by atoms with E-state index in [1.807, 2.05) is 30.5 Å². The van der Waals surface area contributed by atoms with Crippen LogP contribution in [0.15, 0.2) is 65.5 Å². The topological polar surface area (TPSA) is 28.2 Å². The minimum absolute atomic E-state index is 0.583. The van der Waals surface area contributed by atoms with Gasteiger partial charge < -0.3 is 10.2 Å². The van der Waals surface area contributed by atoms with E-state index in [1.165, 1.54) is 35.2 Å². The number of fused-ring (bicyclic) bond motifs is 1. The van der Waals surface area contributed by atoms with E-state index in [4.69, 9.17) is 11.6 Å². The second kappa shape index (κ2) is 7.12. The summed E-state index contributed by atoms with van der Waals surface area (Å²) >= 11 is 7.77. The van der Waals surface area contributed by atoms with Crippen molar-refractivity contribution in [2.24, 2.45) is 0 Å². The van der Waals surface area contributed by atoms with Crippen molar-refractivity contribution in [3.05, 3.63) is 76.1 Å². The number of aryl methyl sites for hydroxylation is 1. The minimum atomic E-state index is 0.583. The molecule has 0 radical (unpaired) electrons. The van der Waals surface area contributed by atoms with Crippen molar-refractivity contribution >= 4 is 56.6 Å². The van der Waals surface area contributed by atoms with Crippen LogP contribution >= 0.6 is 22.9 Å². The number of rotatable bonds is 5. The molecule has 0 atom stereocenters. The van der Waals surface area contributed by atoms with E-state index in [9.17, 15) is 0 Å². The molecule has 2 aromatic carbocycles. The van der Waals surface area contributed by atoms with Gasteiger partial charge in [-0.3, -0.25) is 0 Å². The van der Waals surface area contributed by atoms with Gasteiger partial charge in [0.15, 0.2) is 0 Å². The van der Waals surface area contributed by atoms with Crippen LogP contribution in [0.5, 0.6) is 0 Å². The molecule has 4 aromatic rings. The molecular weight excluding hydrogens is 386 g/mol. The molecule has 1 fully saturated rings. The number of pyridine rings is 1. The van der Waals surface area contributed by atoms with Crippen LogP contribution < -0.4 is 10.2 Å². The molecule has 140 valence electrons. The van der Waals surface area contributed by atoms with E-state index in [0.717, 1.165) is 21.9 Å². The maximum Gasteiger partial charge on any atom is 0.138 e. The largest absolute Gasteiger partial charge is 0.340 e. The first-order chi connectivity index (χ1) is 13.7. The zero-order valence-corrected chi connectivity index (χ0v) is 17.1. The first kappa shape index (κ1) is 17.5. The monoisotopic (exact) mass is 405 g/mol. The van der Waals surface area contributed by atoms with E-state index in [2.05, 4.69) is 57.2 Å². The van der Waals surface area contributed by atoms with E-state index in [-0.39, 0.29) is 0 Å². The predicted octanol–water partition coefficient (Wildman–Crippen LogP) is 7.30. The number of hydrogen-bond donors (Lipinski definition) is 1. The molecule has 0 bridgehead atoms. The highest BCUT2D eigenvalue weighted by atomic mass is 35.5. The molecule has 5 heteroatoms. The number of nitrogens with one attached hydrogen (secondary N) is 1. The molecule has 1 saturated carbocycles. The summed E-state index contributed by atoms with van der Waals surface area (Å²) in [5.41, 5.74) is 4.84. The van der Waals surface area contributed by atoms with Gasteiger partial charge in [0.05, 0.1) is 11.4 Å². The van der Waals surface area contributed by atoms with Crippen LogP contribution in [0.3, 0.4) is 0 Å². The number of hydrogen-bond acceptors (Lipinski definition) is 4. The quantitative estimate of drug-likeness (QED) is 0.377. The second-order valence-corrected chi connectivity index (χ2v) is 8.42. The van der Waals surface area contributed by atoms with Crippen LogP contribution in [0, 0.1) is 6.92 Å². The molecule has 1 N–H and O–H groups in total. The van der Waals surface area contributed by atoms with Gasteiger partial charge in [-0.15, -0.1) is 0 Å². The van der Waals surface area contributed by atoms with Gasteiger partial charge in [0, 0.05) is 39.1 Å². The van der Waals surface area contributed by atoms with Gasteiger partial charge in [0.2, 0.25) is 0 Å². The third-order valence-corrected chi connectivity index (χ3v) is 6.09. The maximum absolute atomic E-state index is 6.02. The Balaban J connectivity index is 1.64. The Labute approximate surface area is 173 Å².